The van der Waals surface area contributed by atoms with Crippen LogP contribution in [0.2, 0.25) is 0 Å². The molecule has 0 radical (unpaired) electrons. The summed E-state index contributed by atoms with van der Waals surface area (Å²) in [6.45, 7) is 1.31. The number of amides is 1. The summed E-state index contributed by atoms with van der Waals surface area (Å²) in [5.74, 6) is 0.680. The molecule has 0 spiro atoms. The van der Waals surface area contributed by atoms with Crippen LogP contribution in [0.4, 0.5) is 5.95 Å². The van der Waals surface area contributed by atoms with Gasteiger partial charge < -0.3 is 15.3 Å². The average Bonchev–Trinajstić information content (AvgIpc) is 3.06. The number of hydrogen-bond donors (Lipinski definition) is 2. The number of nitrogens with zero attached hydrogens (tertiary/aromatic N) is 3. The van der Waals surface area contributed by atoms with E-state index in [0.29, 0.717) is 25.5 Å². The molecule has 6 heteroatoms. The highest BCUT2D eigenvalue weighted by atomic mass is 16.3. The summed E-state index contributed by atoms with van der Waals surface area (Å²) in [5, 5.41) is 12.7. The molecule has 1 aromatic heterocycles. The predicted molar refractivity (Wildman–Crippen MR) is 96.1 cm³/mol. The second-order valence-corrected chi connectivity index (χ2v) is 6.41. The largest absolute Gasteiger partial charge is 0.396 e. The minimum atomic E-state index is -0.0713. The molecular formula is C19H24N4O2. The highest BCUT2D eigenvalue weighted by Gasteiger charge is 2.34. The van der Waals surface area contributed by atoms with Crippen molar-refractivity contribution in [2.75, 3.05) is 24.6 Å². The van der Waals surface area contributed by atoms with Crippen LogP contribution in [-0.4, -0.2) is 46.7 Å². The van der Waals surface area contributed by atoms with Crippen molar-refractivity contribution >= 4 is 11.9 Å². The standard InChI is InChI=1S/C19H24N4O2/c24-14-16-12-23(19-20-10-5-11-21-19)13-17(16)22-18(25)9-4-8-15-6-2-1-3-7-15/h1-3,5-7,10-11,16-17,24H,4,8-9,12-14H2,(H,22,25)/t16-,17+/m0/s1. The third-order valence-electron chi connectivity index (χ3n) is 4.57. The number of anilines is 1. The van der Waals surface area contributed by atoms with Crippen LogP contribution in [0.3, 0.4) is 0 Å². The van der Waals surface area contributed by atoms with Crippen molar-refractivity contribution in [2.24, 2.45) is 5.92 Å². The number of benzene rings is 1. The minimum absolute atomic E-state index is 0.00174. The van der Waals surface area contributed by atoms with Crippen LogP contribution < -0.4 is 10.2 Å². The molecule has 1 aliphatic heterocycles. The van der Waals surface area contributed by atoms with Gasteiger partial charge in [-0.3, -0.25) is 4.79 Å². The lowest BCUT2D eigenvalue weighted by atomic mass is 10.0. The summed E-state index contributed by atoms with van der Waals surface area (Å²) >= 11 is 0. The van der Waals surface area contributed by atoms with Gasteiger partial charge in [0.25, 0.3) is 0 Å². The summed E-state index contributed by atoms with van der Waals surface area (Å²) in [4.78, 5) is 22.8. The summed E-state index contributed by atoms with van der Waals surface area (Å²) in [6.07, 6.45) is 5.60. The maximum atomic E-state index is 12.3. The first-order chi connectivity index (χ1) is 12.3. The molecule has 0 aliphatic carbocycles. The minimum Gasteiger partial charge on any atom is -0.396 e. The molecule has 1 aliphatic rings. The zero-order valence-corrected chi connectivity index (χ0v) is 14.2. The van der Waals surface area contributed by atoms with Crippen molar-refractivity contribution in [2.45, 2.75) is 25.3 Å². The maximum Gasteiger partial charge on any atom is 0.225 e. The Morgan fingerprint density at radius 3 is 2.64 bits per heavy atom. The van der Waals surface area contributed by atoms with Crippen LogP contribution in [0.25, 0.3) is 0 Å². The average molecular weight is 340 g/mol. The number of aliphatic hydroxyl groups is 1. The van der Waals surface area contributed by atoms with Gasteiger partial charge in [-0.05, 0) is 24.5 Å². The van der Waals surface area contributed by atoms with Crippen molar-refractivity contribution in [1.29, 1.82) is 0 Å². The van der Waals surface area contributed by atoms with Crippen molar-refractivity contribution in [3.05, 3.63) is 54.4 Å². The molecule has 132 valence electrons. The molecule has 0 bridgehead atoms. The first kappa shape index (κ1) is 17.4. The maximum absolute atomic E-state index is 12.3. The van der Waals surface area contributed by atoms with Crippen LogP contribution in [0.1, 0.15) is 18.4 Å². The van der Waals surface area contributed by atoms with E-state index in [2.05, 4.69) is 27.4 Å². The zero-order valence-electron chi connectivity index (χ0n) is 14.2. The molecular weight excluding hydrogens is 316 g/mol. The highest BCUT2D eigenvalue weighted by Crippen LogP contribution is 2.20. The number of carbonyl (C=O) groups is 1. The number of hydrogen-bond acceptors (Lipinski definition) is 5. The van der Waals surface area contributed by atoms with Crippen molar-refractivity contribution in [1.82, 2.24) is 15.3 Å². The third-order valence-corrected chi connectivity index (χ3v) is 4.57. The van der Waals surface area contributed by atoms with E-state index in [-0.39, 0.29) is 24.5 Å². The second kappa shape index (κ2) is 8.58. The van der Waals surface area contributed by atoms with E-state index in [9.17, 15) is 9.90 Å². The molecule has 1 fully saturated rings. The molecule has 1 aromatic carbocycles. The molecule has 2 N–H and O–H groups in total. The van der Waals surface area contributed by atoms with Gasteiger partial charge in [0.2, 0.25) is 11.9 Å². The van der Waals surface area contributed by atoms with Crippen LogP contribution in [0, 0.1) is 5.92 Å². The molecule has 25 heavy (non-hydrogen) atoms. The van der Waals surface area contributed by atoms with Crippen molar-refractivity contribution < 1.29 is 9.90 Å². The van der Waals surface area contributed by atoms with Gasteiger partial charge in [0.1, 0.15) is 0 Å². The molecule has 1 amide bonds. The number of aromatic nitrogens is 2. The normalized spacial score (nSPS) is 19.8. The number of aryl methyl sites for hydroxylation is 1. The fourth-order valence-corrected chi connectivity index (χ4v) is 3.21. The summed E-state index contributed by atoms with van der Waals surface area (Å²) in [7, 11) is 0. The Hall–Kier alpha value is -2.47. The van der Waals surface area contributed by atoms with E-state index in [1.54, 1.807) is 18.5 Å². The van der Waals surface area contributed by atoms with Gasteiger partial charge >= 0.3 is 0 Å². The van der Waals surface area contributed by atoms with Gasteiger partial charge in [-0.25, -0.2) is 9.97 Å². The Morgan fingerprint density at radius 2 is 1.92 bits per heavy atom. The molecule has 1 saturated heterocycles. The lowest BCUT2D eigenvalue weighted by molar-refractivity contribution is -0.122. The number of carbonyl (C=O) groups excluding carboxylic acids is 1. The lowest BCUT2D eigenvalue weighted by Gasteiger charge is -2.18. The van der Waals surface area contributed by atoms with Gasteiger partial charge in [0.05, 0.1) is 6.04 Å². The topological polar surface area (TPSA) is 78.4 Å². The molecule has 2 heterocycles. The van der Waals surface area contributed by atoms with Gasteiger partial charge in [0, 0.05) is 44.4 Å². The van der Waals surface area contributed by atoms with Crippen molar-refractivity contribution in [3.63, 3.8) is 0 Å². The molecule has 6 nitrogen and oxygen atoms in total. The smallest absolute Gasteiger partial charge is 0.225 e. The molecule has 0 unspecified atom stereocenters. The summed E-state index contributed by atoms with van der Waals surface area (Å²) < 4.78 is 0. The third kappa shape index (κ3) is 4.76. The van der Waals surface area contributed by atoms with Crippen LogP contribution in [-0.2, 0) is 11.2 Å². The Labute approximate surface area is 147 Å². The predicted octanol–water partition coefficient (Wildman–Crippen LogP) is 1.41. The highest BCUT2D eigenvalue weighted by molar-refractivity contribution is 5.76. The quantitative estimate of drug-likeness (QED) is 0.797. The number of rotatable bonds is 7. The van der Waals surface area contributed by atoms with Crippen molar-refractivity contribution in [3.8, 4) is 0 Å². The van der Waals surface area contributed by atoms with Crippen LogP contribution in [0.5, 0.6) is 0 Å². The van der Waals surface area contributed by atoms with E-state index in [1.165, 1.54) is 5.56 Å². The zero-order chi connectivity index (χ0) is 17.5. The van der Waals surface area contributed by atoms with Crippen LogP contribution in [0.15, 0.2) is 48.8 Å². The van der Waals surface area contributed by atoms with E-state index in [0.717, 1.165) is 12.8 Å². The van der Waals surface area contributed by atoms with E-state index in [1.807, 2.05) is 23.1 Å². The summed E-state index contributed by atoms with van der Waals surface area (Å²) in [6, 6.07) is 11.9. The fourth-order valence-electron chi connectivity index (χ4n) is 3.21. The molecule has 3 rings (SSSR count). The number of aliphatic hydroxyl groups excluding tert-OH is 1. The Balaban J connectivity index is 1.48. The van der Waals surface area contributed by atoms with Gasteiger partial charge in [-0.1, -0.05) is 30.3 Å². The first-order valence-electron chi connectivity index (χ1n) is 8.72. The van der Waals surface area contributed by atoms with Crippen LogP contribution >= 0.6 is 0 Å². The Bertz CT molecular complexity index is 666. The molecule has 2 atom stereocenters. The first-order valence-corrected chi connectivity index (χ1v) is 8.72. The fraction of sp³-hybridized carbons (Fsp3) is 0.421. The second-order valence-electron chi connectivity index (χ2n) is 6.41. The molecule has 0 saturated carbocycles. The van der Waals surface area contributed by atoms with E-state index < -0.39 is 0 Å². The number of nitrogens with one attached hydrogen (secondary N) is 1. The van der Waals surface area contributed by atoms with Gasteiger partial charge in [-0.15, -0.1) is 0 Å². The van der Waals surface area contributed by atoms with Gasteiger partial charge in [0.15, 0.2) is 0 Å². The summed E-state index contributed by atoms with van der Waals surface area (Å²) in [5.41, 5.74) is 1.25. The lowest BCUT2D eigenvalue weighted by Crippen LogP contribution is -2.41. The molecule has 2 aromatic rings. The van der Waals surface area contributed by atoms with E-state index >= 15 is 0 Å². The monoisotopic (exact) mass is 340 g/mol. The SMILES string of the molecule is O=C(CCCc1ccccc1)N[C@@H]1CN(c2ncccn2)C[C@H]1CO. The van der Waals surface area contributed by atoms with E-state index in [4.69, 9.17) is 0 Å². The van der Waals surface area contributed by atoms with Gasteiger partial charge in [-0.2, -0.15) is 0 Å². The Morgan fingerprint density at radius 1 is 1.16 bits per heavy atom. The Kier molecular flexibility index (Phi) is 5.95.